The molecule has 0 aliphatic carbocycles. The Kier molecular flexibility index (Phi) is 11.8. The van der Waals surface area contributed by atoms with Gasteiger partial charge >= 0.3 is 0 Å². The van der Waals surface area contributed by atoms with Crippen LogP contribution in [0.25, 0.3) is 0 Å². The van der Waals surface area contributed by atoms with Gasteiger partial charge in [-0.05, 0) is 38.2 Å². The van der Waals surface area contributed by atoms with Crippen LogP contribution in [0.3, 0.4) is 0 Å². The van der Waals surface area contributed by atoms with Crippen LogP contribution in [0, 0.1) is 5.92 Å². The fourth-order valence-corrected chi connectivity index (χ4v) is 4.29. The van der Waals surface area contributed by atoms with Crippen molar-refractivity contribution in [2.45, 2.75) is 52.4 Å². The molecule has 0 aliphatic heterocycles. The Morgan fingerprint density at radius 3 is 2.46 bits per heavy atom. The maximum Gasteiger partial charge on any atom is 0.191 e. The summed E-state index contributed by atoms with van der Waals surface area (Å²) in [6.45, 7) is 11.1. The molecule has 0 saturated carbocycles. The van der Waals surface area contributed by atoms with Gasteiger partial charge in [0.2, 0.25) is 0 Å². The summed E-state index contributed by atoms with van der Waals surface area (Å²) in [5.41, 5.74) is 0.829. The van der Waals surface area contributed by atoms with Gasteiger partial charge in [0, 0.05) is 26.2 Å². The van der Waals surface area contributed by atoms with Gasteiger partial charge in [-0.3, -0.25) is 4.99 Å². The van der Waals surface area contributed by atoms with E-state index in [1.165, 1.54) is 0 Å². The normalized spacial score (nSPS) is 13.5. The molecule has 1 unspecified atom stereocenters. The molecular weight excluding hydrogens is 374 g/mol. The topological polar surface area (TPSA) is 79.8 Å². The molecule has 1 aromatic rings. The first-order valence-corrected chi connectivity index (χ1v) is 12.1. The van der Waals surface area contributed by atoms with Crippen LogP contribution in [0.15, 0.2) is 35.3 Å². The van der Waals surface area contributed by atoms with E-state index in [2.05, 4.69) is 29.5 Å². The van der Waals surface area contributed by atoms with Crippen molar-refractivity contribution in [3.05, 3.63) is 35.9 Å². The van der Waals surface area contributed by atoms with E-state index in [0.29, 0.717) is 25.5 Å². The average Bonchev–Trinajstić information content (AvgIpc) is 2.64. The maximum absolute atomic E-state index is 12.2. The highest BCUT2D eigenvalue weighted by Crippen LogP contribution is 2.10. The van der Waals surface area contributed by atoms with Gasteiger partial charge in [-0.25, -0.2) is 8.42 Å². The molecule has 2 N–H and O–H groups in total. The van der Waals surface area contributed by atoms with Crippen LogP contribution in [0.4, 0.5) is 0 Å². The lowest BCUT2D eigenvalue weighted by Crippen LogP contribution is -2.39. The highest BCUT2D eigenvalue weighted by molar-refractivity contribution is 7.90. The molecule has 0 bridgehead atoms. The van der Waals surface area contributed by atoms with E-state index in [4.69, 9.17) is 4.74 Å². The predicted molar refractivity (Wildman–Crippen MR) is 117 cm³/mol. The van der Waals surface area contributed by atoms with Gasteiger partial charge in [0.1, 0.15) is 0 Å². The van der Waals surface area contributed by atoms with Crippen molar-refractivity contribution < 1.29 is 13.2 Å². The molecule has 0 amide bonds. The standard InChI is InChI=1S/C21H37N3O3S/c1-5-22-21(24-15-13-20(18(3)4)27-6-2)23-14-10-16-28(25,26)17-19-11-8-7-9-12-19/h7-9,11-12,18,20H,5-6,10,13-17H2,1-4H3,(H2,22,23,24). The molecule has 0 fully saturated rings. The highest BCUT2D eigenvalue weighted by Gasteiger charge is 2.13. The zero-order valence-electron chi connectivity index (χ0n) is 17.8. The van der Waals surface area contributed by atoms with Gasteiger partial charge in [0.05, 0.1) is 17.6 Å². The Labute approximate surface area is 171 Å². The van der Waals surface area contributed by atoms with Crippen LogP contribution in [0.5, 0.6) is 0 Å². The van der Waals surface area contributed by atoms with Crippen molar-refractivity contribution in [2.75, 3.05) is 32.0 Å². The van der Waals surface area contributed by atoms with Crippen LogP contribution < -0.4 is 10.6 Å². The van der Waals surface area contributed by atoms with Gasteiger partial charge < -0.3 is 15.4 Å². The third-order valence-electron chi connectivity index (χ3n) is 4.30. The minimum absolute atomic E-state index is 0.0872. The number of guanidine groups is 1. The zero-order valence-corrected chi connectivity index (χ0v) is 18.6. The number of aliphatic imine (C=N–C) groups is 1. The second kappa shape index (κ2) is 13.6. The Morgan fingerprint density at radius 2 is 1.86 bits per heavy atom. The van der Waals surface area contributed by atoms with E-state index in [1.54, 1.807) is 0 Å². The Balaban J connectivity index is 2.42. The summed E-state index contributed by atoms with van der Waals surface area (Å²) in [6, 6.07) is 9.29. The summed E-state index contributed by atoms with van der Waals surface area (Å²) in [5, 5.41) is 6.52. The monoisotopic (exact) mass is 411 g/mol. The van der Waals surface area contributed by atoms with Crippen molar-refractivity contribution in [3.8, 4) is 0 Å². The van der Waals surface area contributed by atoms with E-state index in [1.807, 2.05) is 44.2 Å². The lowest BCUT2D eigenvalue weighted by Gasteiger charge is -2.21. The summed E-state index contributed by atoms with van der Waals surface area (Å²) < 4.78 is 30.3. The van der Waals surface area contributed by atoms with Crippen LogP contribution in [-0.2, 0) is 20.3 Å². The third kappa shape index (κ3) is 10.7. The minimum atomic E-state index is -3.12. The summed E-state index contributed by atoms with van der Waals surface area (Å²) >= 11 is 0. The molecule has 1 atom stereocenters. The van der Waals surface area contributed by atoms with Gasteiger partial charge in [0.15, 0.2) is 15.8 Å². The molecule has 0 saturated heterocycles. The largest absolute Gasteiger partial charge is 0.378 e. The zero-order chi connectivity index (χ0) is 20.8. The van der Waals surface area contributed by atoms with Gasteiger partial charge in [-0.15, -0.1) is 0 Å². The molecule has 0 radical (unpaired) electrons. The molecular formula is C21H37N3O3S. The van der Waals surface area contributed by atoms with Crippen LogP contribution in [0.2, 0.25) is 0 Å². The first kappa shape index (κ1) is 24.4. The third-order valence-corrected chi connectivity index (χ3v) is 5.99. The SMILES string of the molecule is CCNC(=NCCCS(=O)(=O)Cc1ccccc1)NCCC(OCC)C(C)C. The van der Waals surface area contributed by atoms with Gasteiger partial charge in [-0.1, -0.05) is 44.2 Å². The second-order valence-electron chi connectivity index (χ2n) is 7.15. The smallest absolute Gasteiger partial charge is 0.191 e. The molecule has 160 valence electrons. The first-order chi connectivity index (χ1) is 13.4. The number of sulfone groups is 1. The second-order valence-corrected chi connectivity index (χ2v) is 9.33. The molecule has 28 heavy (non-hydrogen) atoms. The average molecular weight is 412 g/mol. The van der Waals surface area contributed by atoms with Crippen molar-refractivity contribution in [2.24, 2.45) is 10.9 Å². The summed E-state index contributed by atoms with van der Waals surface area (Å²) in [4.78, 5) is 4.50. The van der Waals surface area contributed by atoms with E-state index in [9.17, 15) is 8.42 Å². The Morgan fingerprint density at radius 1 is 1.14 bits per heavy atom. The lowest BCUT2D eigenvalue weighted by molar-refractivity contribution is 0.0258. The van der Waals surface area contributed by atoms with Gasteiger partial charge in [-0.2, -0.15) is 0 Å². The fraction of sp³-hybridized carbons (Fsp3) is 0.667. The van der Waals surface area contributed by atoms with E-state index in [-0.39, 0.29) is 17.6 Å². The van der Waals surface area contributed by atoms with Crippen LogP contribution in [-0.4, -0.2) is 52.5 Å². The summed E-state index contributed by atoms with van der Waals surface area (Å²) in [5.74, 6) is 1.42. The Hall–Kier alpha value is -1.60. The summed E-state index contributed by atoms with van der Waals surface area (Å²) in [6.07, 6.45) is 1.64. The number of nitrogens with one attached hydrogen (secondary N) is 2. The van der Waals surface area contributed by atoms with Gasteiger partial charge in [0.25, 0.3) is 0 Å². The summed E-state index contributed by atoms with van der Waals surface area (Å²) in [7, 11) is -3.12. The van der Waals surface area contributed by atoms with E-state index < -0.39 is 9.84 Å². The highest BCUT2D eigenvalue weighted by atomic mass is 32.2. The molecule has 0 aliphatic rings. The van der Waals surface area contributed by atoms with Crippen molar-refractivity contribution in [1.82, 2.24) is 10.6 Å². The fourth-order valence-electron chi connectivity index (χ4n) is 2.87. The lowest BCUT2D eigenvalue weighted by atomic mass is 10.0. The maximum atomic E-state index is 12.2. The van der Waals surface area contributed by atoms with Crippen LogP contribution in [0.1, 0.15) is 46.1 Å². The number of nitrogens with zero attached hydrogens (tertiary/aromatic N) is 1. The van der Waals surface area contributed by atoms with Crippen LogP contribution >= 0.6 is 0 Å². The molecule has 1 rings (SSSR count). The molecule has 6 nitrogen and oxygen atoms in total. The molecule has 7 heteroatoms. The van der Waals surface area contributed by atoms with Crippen molar-refractivity contribution in [1.29, 1.82) is 0 Å². The van der Waals surface area contributed by atoms with Crippen molar-refractivity contribution in [3.63, 3.8) is 0 Å². The number of rotatable bonds is 13. The minimum Gasteiger partial charge on any atom is -0.378 e. The number of benzene rings is 1. The Bertz CT molecular complexity index is 661. The van der Waals surface area contributed by atoms with Crippen molar-refractivity contribution >= 4 is 15.8 Å². The molecule has 0 aromatic heterocycles. The van der Waals surface area contributed by atoms with E-state index >= 15 is 0 Å². The quantitative estimate of drug-likeness (QED) is 0.296. The number of ether oxygens (including phenoxy) is 1. The first-order valence-electron chi connectivity index (χ1n) is 10.3. The molecule has 0 spiro atoms. The van der Waals surface area contributed by atoms with E-state index in [0.717, 1.165) is 31.0 Å². The molecule has 1 aromatic carbocycles. The molecule has 0 heterocycles. The number of hydrogen-bond acceptors (Lipinski definition) is 4. The number of hydrogen-bond donors (Lipinski definition) is 2. The predicted octanol–water partition coefficient (Wildman–Crippen LogP) is 3.00.